The first-order valence-corrected chi connectivity index (χ1v) is 18.3. The van der Waals surface area contributed by atoms with E-state index in [1.54, 1.807) is 20.8 Å². The fraction of sp³-hybridized carbons (Fsp3) is 0.577. The highest BCUT2D eigenvalue weighted by atomic mass is 31.2. The van der Waals surface area contributed by atoms with Crippen LogP contribution in [-0.2, 0) is 53.0 Å². The summed E-state index contributed by atoms with van der Waals surface area (Å²) in [7, 11) is -10.1. The molecule has 3 fully saturated rings. The molecule has 7 heterocycles. The van der Waals surface area contributed by atoms with Crippen LogP contribution in [-0.4, -0.2) is 98.2 Å². The largest absolute Gasteiger partial charge is 0.472 e. The Bertz CT molecular complexity index is 2200. The number of nitrogens with zero attached hydrogens (tertiary/aromatic N) is 7. The lowest BCUT2D eigenvalue weighted by Gasteiger charge is -2.25. The second-order valence-electron chi connectivity index (χ2n) is 12.8. The van der Waals surface area contributed by atoms with Crippen molar-refractivity contribution in [2.75, 3.05) is 13.2 Å². The number of hydrogen-bond donors (Lipinski definition) is 3. The van der Waals surface area contributed by atoms with Crippen LogP contribution in [0.2, 0.25) is 0 Å². The van der Waals surface area contributed by atoms with Gasteiger partial charge >= 0.3 is 21.6 Å². The van der Waals surface area contributed by atoms with Crippen LogP contribution in [0.3, 0.4) is 0 Å². The fourth-order valence-corrected chi connectivity index (χ4v) is 7.55. The molecule has 3 saturated heterocycles. The number of esters is 1. The molecule has 0 spiro atoms. The number of alkyl halides is 1. The Morgan fingerprint density at radius 1 is 0.941 bits per heavy atom. The molecule has 25 heteroatoms. The summed E-state index contributed by atoms with van der Waals surface area (Å²) in [6.45, 7) is 2.90. The van der Waals surface area contributed by atoms with Crippen LogP contribution in [0.15, 0.2) is 34.9 Å². The molecule has 4 aromatic heterocycles. The summed E-state index contributed by atoms with van der Waals surface area (Å²) < 4.78 is 83.3. The summed E-state index contributed by atoms with van der Waals surface area (Å²) in [5.74, 6) is -0.543. The Labute approximate surface area is 284 Å². The number of H-pyrrole nitrogens is 1. The SMILES string of the molecule is CC(C)(C)C(=O)OCn1cnc2c(ncn2[C@H]2C[C@@H]3OP(=O)(O)OC[C@H]4O[C@@H](n5cnc6c(=O)[nH]cnc65)[C@H](OP(=O)(O)OC[C@H]3O2)[C@H]4F)c1=O. The van der Waals surface area contributed by atoms with Crippen LogP contribution in [0.25, 0.3) is 22.3 Å². The van der Waals surface area contributed by atoms with Gasteiger partial charge in [0, 0.05) is 6.42 Å². The predicted molar refractivity (Wildman–Crippen MR) is 164 cm³/mol. The first-order chi connectivity index (χ1) is 24.0. The summed E-state index contributed by atoms with van der Waals surface area (Å²) in [5, 5.41) is 0. The lowest BCUT2D eigenvalue weighted by atomic mass is 9.98. The summed E-state index contributed by atoms with van der Waals surface area (Å²) >= 11 is 0. The smallest absolute Gasteiger partial charge is 0.443 e. The number of aromatic nitrogens is 8. The summed E-state index contributed by atoms with van der Waals surface area (Å²) in [4.78, 5) is 77.4. The van der Waals surface area contributed by atoms with Gasteiger partial charge in [-0.25, -0.2) is 33.5 Å². The van der Waals surface area contributed by atoms with Crippen LogP contribution < -0.4 is 11.1 Å². The van der Waals surface area contributed by atoms with Crippen molar-refractivity contribution in [2.45, 2.75) is 77.0 Å². The summed E-state index contributed by atoms with van der Waals surface area (Å²) in [5.41, 5.74) is -2.37. The van der Waals surface area contributed by atoms with Gasteiger partial charge in [0.05, 0.1) is 37.6 Å². The molecule has 2 bridgehead atoms. The van der Waals surface area contributed by atoms with Crippen molar-refractivity contribution in [3.63, 3.8) is 0 Å². The van der Waals surface area contributed by atoms with Crippen molar-refractivity contribution in [1.82, 2.24) is 38.6 Å². The number of halogens is 1. The van der Waals surface area contributed by atoms with Gasteiger partial charge in [-0.05, 0) is 20.8 Å². The van der Waals surface area contributed by atoms with Crippen molar-refractivity contribution in [2.24, 2.45) is 5.41 Å². The van der Waals surface area contributed by atoms with Crippen molar-refractivity contribution in [1.29, 1.82) is 0 Å². The molecular formula is C26H31FN8O14P2. The van der Waals surface area contributed by atoms with E-state index in [9.17, 15) is 33.3 Å². The molecule has 0 aromatic carbocycles. The van der Waals surface area contributed by atoms with Gasteiger partial charge in [-0.3, -0.25) is 46.2 Å². The van der Waals surface area contributed by atoms with Crippen molar-refractivity contribution < 1.29 is 60.4 Å². The number of ether oxygens (including phenoxy) is 3. The van der Waals surface area contributed by atoms with Gasteiger partial charge in [0.2, 0.25) is 0 Å². The molecule has 3 aliphatic heterocycles. The predicted octanol–water partition coefficient (Wildman–Crippen LogP) is 0.814. The van der Waals surface area contributed by atoms with Crippen molar-refractivity contribution in [3.8, 4) is 0 Å². The third kappa shape index (κ3) is 6.93. The van der Waals surface area contributed by atoms with Crippen LogP contribution in [0.1, 0.15) is 39.6 Å². The number of phosphoric ester groups is 2. The first-order valence-electron chi connectivity index (χ1n) is 15.3. The highest BCUT2D eigenvalue weighted by Crippen LogP contribution is 2.54. The second kappa shape index (κ2) is 13.0. The van der Waals surface area contributed by atoms with E-state index in [0.29, 0.717) is 0 Å². The molecule has 51 heavy (non-hydrogen) atoms. The van der Waals surface area contributed by atoms with Gasteiger partial charge in [-0.1, -0.05) is 0 Å². The Morgan fingerprint density at radius 3 is 2.35 bits per heavy atom. The molecule has 3 N–H and O–H groups in total. The van der Waals surface area contributed by atoms with E-state index in [2.05, 4.69) is 24.9 Å². The minimum absolute atomic E-state index is 0.0370. The average molecular weight is 761 g/mol. The van der Waals surface area contributed by atoms with Crippen LogP contribution in [0.4, 0.5) is 4.39 Å². The van der Waals surface area contributed by atoms with Crippen LogP contribution in [0, 0.1) is 5.41 Å². The van der Waals surface area contributed by atoms with Gasteiger partial charge in [0.15, 0.2) is 41.5 Å². The number of fused-ring (bicyclic) bond motifs is 5. The zero-order chi connectivity index (χ0) is 36.5. The van der Waals surface area contributed by atoms with Gasteiger partial charge in [0.1, 0.15) is 37.0 Å². The van der Waals surface area contributed by atoms with E-state index >= 15 is 4.39 Å². The second-order valence-corrected chi connectivity index (χ2v) is 15.6. The Morgan fingerprint density at radius 2 is 1.61 bits per heavy atom. The third-order valence-electron chi connectivity index (χ3n) is 8.22. The lowest BCUT2D eigenvalue weighted by Crippen LogP contribution is -2.32. The van der Waals surface area contributed by atoms with E-state index in [1.165, 1.54) is 10.9 Å². The van der Waals surface area contributed by atoms with E-state index in [0.717, 1.165) is 28.1 Å². The summed E-state index contributed by atoms with van der Waals surface area (Å²) in [6, 6.07) is 0. The molecule has 3 aliphatic rings. The monoisotopic (exact) mass is 760 g/mol. The number of aromatic amines is 1. The highest BCUT2D eigenvalue weighted by molar-refractivity contribution is 7.47. The maximum Gasteiger partial charge on any atom is 0.472 e. The van der Waals surface area contributed by atoms with E-state index in [-0.39, 0.29) is 28.7 Å². The number of rotatable bonds is 4. The van der Waals surface area contributed by atoms with E-state index in [1.807, 2.05) is 0 Å². The number of phosphoric acid groups is 2. The van der Waals surface area contributed by atoms with Crippen molar-refractivity contribution in [3.05, 3.63) is 46.0 Å². The quantitative estimate of drug-likeness (QED) is 0.192. The minimum Gasteiger partial charge on any atom is -0.443 e. The molecular weight excluding hydrogens is 729 g/mol. The lowest BCUT2D eigenvalue weighted by molar-refractivity contribution is -0.157. The molecule has 7 rings (SSSR count). The molecule has 276 valence electrons. The fourth-order valence-electron chi connectivity index (χ4n) is 5.66. The van der Waals surface area contributed by atoms with Gasteiger partial charge in [0.25, 0.3) is 11.1 Å². The third-order valence-corrected chi connectivity index (χ3v) is 10.2. The van der Waals surface area contributed by atoms with E-state index in [4.69, 9.17) is 32.3 Å². The van der Waals surface area contributed by atoms with Crippen molar-refractivity contribution >= 4 is 43.9 Å². The summed E-state index contributed by atoms with van der Waals surface area (Å²) in [6.07, 6.45) is -6.72. The molecule has 0 amide bonds. The Balaban J connectivity index is 1.13. The molecule has 0 saturated carbocycles. The molecule has 9 atom stereocenters. The molecule has 4 aromatic rings. The molecule has 2 unspecified atom stereocenters. The molecule has 22 nitrogen and oxygen atoms in total. The van der Waals surface area contributed by atoms with Gasteiger partial charge in [-0.2, -0.15) is 0 Å². The average Bonchev–Trinajstić information content (AvgIpc) is 3.83. The number of hydrogen-bond acceptors (Lipinski definition) is 16. The van der Waals surface area contributed by atoms with Gasteiger partial charge < -0.3 is 29.0 Å². The maximum atomic E-state index is 15.7. The standard InChI is InChI=1S/C26H31FN8O14P2/c1-26(2,3)25(38)43-11-33-8-32-21-18(23(33)37)31-9-34(21)15-4-12-13(46-15)5-44-51(41,42)49-19-16(27)14(6-45-50(39,40)48-12)47-24(19)35-10-30-17-20(35)28-7-29-22(17)36/h7-10,12-16,19,24H,4-6,11H2,1-3H3,(H,39,40)(H,41,42)(H,28,29,36)/t12-,13+,14+,15+,16-,19+,24+/m0/s1. The Hall–Kier alpha value is -3.76. The highest BCUT2D eigenvalue weighted by Gasteiger charge is 2.53. The normalized spacial score (nSPS) is 33.4. The number of imidazole rings is 2. The zero-order valence-corrected chi connectivity index (χ0v) is 28.7. The molecule has 0 aliphatic carbocycles. The number of nitrogens with one attached hydrogen (secondary N) is 1. The zero-order valence-electron chi connectivity index (χ0n) is 26.9. The van der Waals surface area contributed by atoms with E-state index < -0.39 is 101 Å². The van der Waals surface area contributed by atoms with Gasteiger partial charge in [-0.15, -0.1) is 0 Å². The topological polar surface area (TPSA) is 273 Å². The maximum absolute atomic E-state index is 15.7. The minimum atomic E-state index is -5.14. The number of carbonyl (C=O) groups is 1. The molecule has 0 radical (unpaired) electrons. The Kier molecular flexibility index (Phi) is 9.10. The first kappa shape index (κ1) is 35.6. The van der Waals surface area contributed by atoms with Crippen LogP contribution in [0.5, 0.6) is 0 Å². The number of carbonyl (C=O) groups excluding carboxylic acids is 1. The van der Waals surface area contributed by atoms with Crippen LogP contribution >= 0.6 is 15.6 Å².